The molecule has 0 aliphatic rings. The van der Waals surface area contributed by atoms with Gasteiger partial charge in [-0.1, -0.05) is 36.8 Å². The Bertz CT molecular complexity index is 875. The number of hydrogen-bond acceptors (Lipinski definition) is 4. The summed E-state index contributed by atoms with van der Waals surface area (Å²) in [6.07, 6.45) is 0.535. The first kappa shape index (κ1) is 24.8. The third-order valence-corrected chi connectivity index (χ3v) is 5.75. The second-order valence-electron chi connectivity index (χ2n) is 8.64. The van der Waals surface area contributed by atoms with Crippen LogP contribution in [0.2, 0.25) is 0 Å². The molecule has 1 unspecified atom stereocenters. The predicted octanol–water partition coefficient (Wildman–Crippen LogP) is 4.82. The van der Waals surface area contributed by atoms with E-state index in [0.717, 1.165) is 16.2 Å². The van der Waals surface area contributed by atoms with Crippen molar-refractivity contribution in [1.82, 2.24) is 10.2 Å². The van der Waals surface area contributed by atoms with Gasteiger partial charge in [0.2, 0.25) is 11.8 Å². The quantitative estimate of drug-likeness (QED) is 0.566. The minimum absolute atomic E-state index is 0.0655. The SMILES string of the molecule is CCC(C(=O)NC(C)(C)C)N(Cc1cccc(OC)c1)C(=O)CSc1ccc(C)cc1. The van der Waals surface area contributed by atoms with Crippen LogP contribution in [0, 0.1) is 6.92 Å². The average molecular weight is 443 g/mol. The highest BCUT2D eigenvalue weighted by atomic mass is 32.2. The van der Waals surface area contributed by atoms with Gasteiger partial charge in [-0.2, -0.15) is 0 Å². The molecule has 6 heteroatoms. The van der Waals surface area contributed by atoms with Crippen molar-refractivity contribution in [3.05, 3.63) is 59.7 Å². The molecule has 0 aliphatic heterocycles. The van der Waals surface area contributed by atoms with Crippen molar-refractivity contribution in [2.75, 3.05) is 12.9 Å². The molecule has 0 aliphatic carbocycles. The van der Waals surface area contributed by atoms with Gasteiger partial charge >= 0.3 is 0 Å². The summed E-state index contributed by atoms with van der Waals surface area (Å²) in [7, 11) is 1.62. The van der Waals surface area contributed by atoms with E-state index in [4.69, 9.17) is 4.74 Å². The number of ether oxygens (including phenoxy) is 1. The van der Waals surface area contributed by atoms with Crippen LogP contribution < -0.4 is 10.1 Å². The summed E-state index contributed by atoms with van der Waals surface area (Å²) in [6, 6.07) is 15.2. The summed E-state index contributed by atoms with van der Waals surface area (Å²) < 4.78 is 5.33. The number of carbonyl (C=O) groups excluding carboxylic acids is 2. The van der Waals surface area contributed by atoms with Crippen LogP contribution in [0.25, 0.3) is 0 Å². The topological polar surface area (TPSA) is 58.6 Å². The third kappa shape index (κ3) is 7.94. The molecule has 1 N–H and O–H groups in total. The smallest absolute Gasteiger partial charge is 0.243 e. The van der Waals surface area contributed by atoms with Crippen LogP contribution in [0.5, 0.6) is 5.75 Å². The fraction of sp³-hybridized carbons (Fsp3) is 0.440. The first-order chi connectivity index (χ1) is 14.6. The molecule has 0 spiro atoms. The molecular weight excluding hydrogens is 408 g/mol. The number of methoxy groups -OCH3 is 1. The molecule has 0 saturated carbocycles. The standard InChI is InChI=1S/C25H34N2O3S/c1-7-22(24(29)26-25(3,4)5)27(16-19-9-8-10-20(15-19)30-6)23(28)17-31-21-13-11-18(2)12-14-21/h8-15,22H,7,16-17H2,1-6H3,(H,26,29). The lowest BCUT2D eigenvalue weighted by atomic mass is 10.1. The van der Waals surface area contributed by atoms with Crippen LogP contribution in [-0.4, -0.2) is 41.2 Å². The molecule has 2 amide bonds. The molecule has 0 heterocycles. The fourth-order valence-electron chi connectivity index (χ4n) is 3.20. The van der Waals surface area contributed by atoms with Gasteiger partial charge in [-0.25, -0.2) is 0 Å². The number of nitrogens with zero attached hydrogens (tertiary/aromatic N) is 1. The molecule has 5 nitrogen and oxygen atoms in total. The summed E-state index contributed by atoms with van der Waals surface area (Å²) >= 11 is 1.49. The summed E-state index contributed by atoms with van der Waals surface area (Å²) in [6.45, 7) is 10.2. The second-order valence-corrected chi connectivity index (χ2v) is 9.69. The maximum absolute atomic E-state index is 13.3. The summed E-state index contributed by atoms with van der Waals surface area (Å²) in [4.78, 5) is 29.1. The number of thioether (sulfide) groups is 1. The van der Waals surface area contributed by atoms with E-state index >= 15 is 0 Å². The molecule has 168 valence electrons. The molecule has 2 aromatic carbocycles. The molecular formula is C25H34N2O3S. The number of amides is 2. The Morgan fingerprint density at radius 2 is 1.81 bits per heavy atom. The van der Waals surface area contributed by atoms with Crippen molar-refractivity contribution in [1.29, 1.82) is 0 Å². The first-order valence-electron chi connectivity index (χ1n) is 10.6. The van der Waals surface area contributed by atoms with Gasteiger partial charge in [-0.3, -0.25) is 9.59 Å². The Morgan fingerprint density at radius 3 is 2.39 bits per heavy atom. The van der Waals surface area contributed by atoms with E-state index in [1.807, 2.05) is 83.1 Å². The van der Waals surface area contributed by atoms with Gasteiger partial charge in [0.05, 0.1) is 12.9 Å². The minimum Gasteiger partial charge on any atom is -0.497 e. The van der Waals surface area contributed by atoms with Crippen molar-refractivity contribution in [3.8, 4) is 5.75 Å². The van der Waals surface area contributed by atoms with E-state index in [1.165, 1.54) is 17.3 Å². The van der Waals surface area contributed by atoms with E-state index in [0.29, 0.717) is 13.0 Å². The molecule has 2 rings (SSSR count). The van der Waals surface area contributed by atoms with Crippen LogP contribution in [0.15, 0.2) is 53.4 Å². The lowest BCUT2D eigenvalue weighted by molar-refractivity contribution is -0.140. The monoisotopic (exact) mass is 442 g/mol. The Kier molecular flexibility index (Phi) is 8.99. The minimum atomic E-state index is -0.545. The average Bonchev–Trinajstić information content (AvgIpc) is 2.71. The van der Waals surface area contributed by atoms with Gasteiger partial charge < -0.3 is 15.0 Å². The second kappa shape index (κ2) is 11.2. The number of hydrogen-bond donors (Lipinski definition) is 1. The lowest BCUT2D eigenvalue weighted by Gasteiger charge is -2.33. The third-order valence-electron chi connectivity index (χ3n) is 4.75. The predicted molar refractivity (Wildman–Crippen MR) is 127 cm³/mol. The Balaban J connectivity index is 2.24. The summed E-state index contributed by atoms with van der Waals surface area (Å²) in [5, 5.41) is 3.03. The van der Waals surface area contributed by atoms with E-state index in [9.17, 15) is 9.59 Å². The zero-order chi connectivity index (χ0) is 23.0. The maximum Gasteiger partial charge on any atom is 0.243 e. The lowest BCUT2D eigenvalue weighted by Crippen LogP contribution is -2.53. The molecule has 2 aromatic rings. The maximum atomic E-state index is 13.3. The van der Waals surface area contributed by atoms with Gasteiger partial charge in [0.1, 0.15) is 11.8 Å². The van der Waals surface area contributed by atoms with Crippen LogP contribution >= 0.6 is 11.8 Å². The molecule has 31 heavy (non-hydrogen) atoms. The molecule has 0 fully saturated rings. The van der Waals surface area contributed by atoms with Gasteiger partial charge in [0.15, 0.2) is 0 Å². The summed E-state index contributed by atoms with van der Waals surface area (Å²) in [5.41, 5.74) is 1.74. The summed E-state index contributed by atoms with van der Waals surface area (Å²) in [5.74, 6) is 0.800. The molecule has 1 atom stereocenters. The normalized spacial score (nSPS) is 12.2. The van der Waals surface area contributed by atoms with Crippen LogP contribution in [0.3, 0.4) is 0 Å². The highest BCUT2D eigenvalue weighted by Gasteiger charge is 2.30. The largest absolute Gasteiger partial charge is 0.497 e. The van der Waals surface area contributed by atoms with Crippen molar-refractivity contribution in [2.45, 2.75) is 64.1 Å². The fourth-order valence-corrected chi connectivity index (χ4v) is 3.99. The molecule has 0 bridgehead atoms. The van der Waals surface area contributed by atoms with E-state index in [-0.39, 0.29) is 23.1 Å². The van der Waals surface area contributed by atoms with E-state index < -0.39 is 6.04 Å². The molecule has 0 radical (unpaired) electrons. The number of carbonyl (C=O) groups is 2. The number of aryl methyl sites for hydroxylation is 1. The van der Waals surface area contributed by atoms with Crippen molar-refractivity contribution >= 4 is 23.6 Å². The number of nitrogens with one attached hydrogen (secondary N) is 1. The van der Waals surface area contributed by atoms with Gasteiger partial charge in [-0.05, 0) is 63.9 Å². The zero-order valence-electron chi connectivity index (χ0n) is 19.4. The van der Waals surface area contributed by atoms with E-state index in [2.05, 4.69) is 5.32 Å². The Morgan fingerprint density at radius 1 is 1.13 bits per heavy atom. The Hall–Kier alpha value is -2.47. The van der Waals surface area contributed by atoms with Gasteiger partial charge in [0, 0.05) is 17.0 Å². The highest BCUT2D eigenvalue weighted by Crippen LogP contribution is 2.22. The van der Waals surface area contributed by atoms with Crippen LogP contribution in [-0.2, 0) is 16.1 Å². The van der Waals surface area contributed by atoms with E-state index in [1.54, 1.807) is 12.0 Å². The van der Waals surface area contributed by atoms with Crippen LogP contribution in [0.1, 0.15) is 45.2 Å². The zero-order valence-corrected chi connectivity index (χ0v) is 20.2. The van der Waals surface area contributed by atoms with Crippen LogP contribution in [0.4, 0.5) is 0 Å². The van der Waals surface area contributed by atoms with Gasteiger partial charge in [-0.15, -0.1) is 11.8 Å². The first-order valence-corrected chi connectivity index (χ1v) is 11.6. The Labute approximate surface area is 190 Å². The molecule has 0 aromatic heterocycles. The number of rotatable bonds is 9. The highest BCUT2D eigenvalue weighted by molar-refractivity contribution is 8.00. The van der Waals surface area contributed by atoms with Gasteiger partial charge in [0.25, 0.3) is 0 Å². The van der Waals surface area contributed by atoms with Crippen molar-refractivity contribution < 1.29 is 14.3 Å². The van der Waals surface area contributed by atoms with Crippen molar-refractivity contribution in [2.24, 2.45) is 0 Å². The number of benzene rings is 2. The van der Waals surface area contributed by atoms with Crippen molar-refractivity contribution in [3.63, 3.8) is 0 Å². The molecule has 0 saturated heterocycles.